The highest BCUT2D eigenvalue weighted by Gasteiger charge is 2.15. The lowest BCUT2D eigenvalue weighted by molar-refractivity contribution is 0.0711. The number of carbonyl (C=O) groups excluding carboxylic acids is 2. The van der Waals surface area contributed by atoms with Crippen LogP contribution in [0.2, 0.25) is 0 Å². The first-order valence-electron chi connectivity index (χ1n) is 5.84. The number of benzene rings is 2. The van der Waals surface area contributed by atoms with Crippen LogP contribution in [0.15, 0.2) is 36.4 Å². The largest absolute Gasteiger partial charge is 0.508 e. The van der Waals surface area contributed by atoms with Crippen molar-refractivity contribution in [2.75, 3.05) is 7.11 Å². The van der Waals surface area contributed by atoms with Gasteiger partial charge in [-0.05, 0) is 29.8 Å². The smallest absolute Gasteiger partial charge is 0.508 e. The molecule has 2 aromatic carbocycles. The molecule has 0 aliphatic heterocycles. The maximum Gasteiger partial charge on any atom is 0.508 e. The van der Waals surface area contributed by atoms with Crippen molar-refractivity contribution in [1.29, 1.82) is 0 Å². The molecule has 0 spiro atoms. The highest BCUT2D eigenvalue weighted by Crippen LogP contribution is 2.23. The number of hydrogen-bond donors (Lipinski definition) is 0. The van der Waals surface area contributed by atoms with Gasteiger partial charge in [0.1, 0.15) is 0 Å². The third-order valence-corrected chi connectivity index (χ3v) is 2.83. The van der Waals surface area contributed by atoms with Crippen LogP contribution in [0.1, 0.15) is 27.6 Å². The molecule has 0 heterocycles. The van der Waals surface area contributed by atoms with Crippen molar-refractivity contribution < 1.29 is 18.9 Å². The molecule has 0 aliphatic carbocycles. The molecule has 0 fully saturated rings. The predicted molar refractivity (Wildman–Crippen MR) is 73.5 cm³/mol. The van der Waals surface area contributed by atoms with E-state index in [-0.39, 0.29) is 13.5 Å². The van der Waals surface area contributed by atoms with Gasteiger partial charge in [0.05, 0.1) is 5.56 Å². The molecule has 0 amide bonds. The molecule has 2 rings (SSSR count). The fourth-order valence-electron chi connectivity index (χ4n) is 1.97. The summed E-state index contributed by atoms with van der Waals surface area (Å²) in [6, 6.07) is 10.5. The van der Waals surface area contributed by atoms with E-state index in [1.165, 1.54) is 14.0 Å². The number of fused-ring (bicyclic) bond motifs is 1. The van der Waals surface area contributed by atoms with E-state index < -0.39 is 5.97 Å². The summed E-state index contributed by atoms with van der Waals surface area (Å²) >= 11 is 0. The van der Waals surface area contributed by atoms with Gasteiger partial charge in [0.15, 0.2) is 5.78 Å². The average molecular weight is 256 g/mol. The molecule has 0 aliphatic rings. The van der Waals surface area contributed by atoms with Crippen molar-refractivity contribution in [2.45, 2.75) is 6.92 Å². The van der Waals surface area contributed by atoms with E-state index in [0.717, 1.165) is 5.39 Å². The van der Waals surface area contributed by atoms with E-state index in [0.29, 0.717) is 16.5 Å². The Labute approximate surface area is 111 Å². The van der Waals surface area contributed by atoms with Gasteiger partial charge < -0.3 is 9.31 Å². The fourth-order valence-corrected chi connectivity index (χ4v) is 1.97. The quantitative estimate of drug-likeness (QED) is 0.621. The summed E-state index contributed by atoms with van der Waals surface area (Å²) in [6.45, 7) is 1.50. The van der Waals surface area contributed by atoms with Gasteiger partial charge in [0.25, 0.3) is 0 Å². The lowest BCUT2D eigenvalue weighted by atomic mass is 9.97. The second-order valence-electron chi connectivity index (χ2n) is 4.10. The van der Waals surface area contributed by atoms with Crippen molar-refractivity contribution in [2.24, 2.45) is 0 Å². The Morgan fingerprint density at radius 2 is 1.58 bits per heavy atom. The molecule has 0 atom stereocenters. The Hall–Kier alpha value is -2.14. The molecule has 19 heavy (non-hydrogen) atoms. The van der Waals surface area contributed by atoms with Crippen LogP contribution in [0, 0.1) is 0 Å². The van der Waals surface area contributed by atoms with Gasteiger partial charge in [0, 0.05) is 12.7 Å². The minimum absolute atomic E-state index is 0.0343. The first-order chi connectivity index (χ1) is 9.15. The van der Waals surface area contributed by atoms with Crippen molar-refractivity contribution in [3.05, 3.63) is 47.5 Å². The molecule has 0 radical (unpaired) electrons. The Kier molecular flexibility index (Phi) is 3.97. The molecular formula is C14H13BO4. The summed E-state index contributed by atoms with van der Waals surface area (Å²) in [4.78, 5) is 23.5. The topological polar surface area (TPSA) is 52.6 Å². The predicted octanol–water partition coefficient (Wildman–Crippen LogP) is 2.11. The molecule has 5 heteroatoms. The molecule has 0 bridgehead atoms. The van der Waals surface area contributed by atoms with Gasteiger partial charge in [-0.2, -0.15) is 0 Å². The van der Waals surface area contributed by atoms with Crippen LogP contribution < -0.4 is 0 Å². The second-order valence-corrected chi connectivity index (χ2v) is 4.10. The van der Waals surface area contributed by atoms with Gasteiger partial charge in [-0.25, -0.2) is 4.79 Å². The van der Waals surface area contributed by atoms with Crippen molar-refractivity contribution in [3.8, 4) is 0 Å². The zero-order valence-corrected chi connectivity index (χ0v) is 10.8. The first kappa shape index (κ1) is 13.3. The monoisotopic (exact) mass is 256 g/mol. The summed E-state index contributed by atoms with van der Waals surface area (Å²) < 4.78 is 9.65. The first-order valence-corrected chi connectivity index (χ1v) is 5.84. The van der Waals surface area contributed by atoms with Crippen LogP contribution in [-0.4, -0.2) is 26.5 Å². The van der Waals surface area contributed by atoms with Crippen LogP contribution >= 0.6 is 0 Å². The molecule has 0 saturated heterocycles. The molecule has 2 aromatic rings. The van der Waals surface area contributed by atoms with Gasteiger partial charge >= 0.3 is 13.7 Å². The van der Waals surface area contributed by atoms with E-state index in [2.05, 4.69) is 0 Å². The van der Waals surface area contributed by atoms with E-state index in [1.54, 1.807) is 18.2 Å². The molecule has 0 aromatic heterocycles. The third kappa shape index (κ3) is 2.66. The second kappa shape index (κ2) is 5.67. The summed E-state index contributed by atoms with van der Waals surface area (Å²) in [5.41, 5.74) is 1.02. The number of ketones is 1. The van der Waals surface area contributed by atoms with Gasteiger partial charge in [-0.3, -0.25) is 4.79 Å². The normalized spacial score (nSPS) is 10.2. The highest BCUT2D eigenvalue weighted by atomic mass is 16.6. The lowest BCUT2D eigenvalue weighted by Crippen LogP contribution is -2.11. The minimum Gasteiger partial charge on any atom is -0.508 e. The average Bonchev–Trinajstić information content (AvgIpc) is 2.43. The molecule has 0 N–H and O–H groups in total. The van der Waals surface area contributed by atoms with Crippen LogP contribution in [0.3, 0.4) is 0 Å². The number of carbonyl (C=O) groups is 2. The zero-order chi connectivity index (χ0) is 13.8. The van der Waals surface area contributed by atoms with Crippen molar-refractivity contribution in [1.82, 2.24) is 0 Å². The highest BCUT2D eigenvalue weighted by molar-refractivity contribution is 6.25. The number of hydrogen-bond acceptors (Lipinski definition) is 4. The van der Waals surface area contributed by atoms with Crippen molar-refractivity contribution >= 4 is 30.2 Å². The van der Waals surface area contributed by atoms with E-state index >= 15 is 0 Å². The molecular weight excluding hydrogens is 243 g/mol. The fraction of sp³-hybridized carbons (Fsp3) is 0.143. The molecule has 4 nitrogen and oxygen atoms in total. The lowest BCUT2D eigenvalue weighted by Gasteiger charge is -2.09. The van der Waals surface area contributed by atoms with Crippen molar-refractivity contribution in [3.63, 3.8) is 0 Å². The van der Waals surface area contributed by atoms with E-state index in [4.69, 9.17) is 9.31 Å². The summed E-state index contributed by atoms with van der Waals surface area (Å²) in [5.74, 6) is -0.499. The van der Waals surface area contributed by atoms with Gasteiger partial charge in [-0.1, -0.05) is 24.3 Å². The standard InChI is InChI=1S/C14H13BO4/c1-9(16)10-7-8-13(14(17)19-15-18-2)12-6-4-3-5-11(10)12/h3-8,15H,1-2H3. The number of Topliss-reactive ketones (excluding diaryl/α,β-unsaturated/α-hetero) is 1. The van der Waals surface area contributed by atoms with Crippen LogP contribution in [0.4, 0.5) is 0 Å². The minimum atomic E-state index is -0.465. The SMILES string of the molecule is COBOC(=O)c1ccc(C(C)=O)c2ccccc12. The Morgan fingerprint density at radius 1 is 1.00 bits per heavy atom. The summed E-state index contributed by atoms with van der Waals surface area (Å²) in [7, 11) is 1.35. The third-order valence-electron chi connectivity index (χ3n) is 2.83. The van der Waals surface area contributed by atoms with E-state index in [1.807, 2.05) is 18.2 Å². The van der Waals surface area contributed by atoms with Gasteiger partial charge in [0.2, 0.25) is 0 Å². The Balaban J connectivity index is 2.55. The number of rotatable bonds is 4. The molecule has 0 unspecified atom stereocenters. The molecule has 96 valence electrons. The zero-order valence-electron chi connectivity index (χ0n) is 10.8. The maximum absolute atomic E-state index is 11.9. The summed E-state index contributed by atoms with van der Waals surface area (Å²) in [6.07, 6.45) is 0. The maximum atomic E-state index is 11.9. The molecule has 0 saturated carbocycles. The van der Waals surface area contributed by atoms with Crippen LogP contribution in [-0.2, 0) is 9.31 Å². The van der Waals surface area contributed by atoms with Crippen LogP contribution in [0.5, 0.6) is 0 Å². The van der Waals surface area contributed by atoms with Crippen LogP contribution in [0.25, 0.3) is 10.8 Å². The summed E-state index contributed by atoms with van der Waals surface area (Å²) in [5, 5.41) is 1.46. The van der Waals surface area contributed by atoms with E-state index in [9.17, 15) is 9.59 Å². The van der Waals surface area contributed by atoms with Gasteiger partial charge in [-0.15, -0.1) is 0 Å². The Bertz CT molecular complexity index is 636. The Morgan fingerprint density at radius 3 is 2.16 bits per heavy atom.